The number of aliphatic imine (C=N–C) groups is 1. The maximum absolute atomic E-state index is 11.9. The summed E-state index contributed by atoms with van der Waals surface area (Å²) in [6.45, 7) is 1.47. The van der Waals surface area contributed by atoms with E-state index in [0.717, 1.165) is 12.1 Å². The number of halogens is 4. The van der Waals surface area contributed by atoms with Gasteiger partial charge in [0.25, 0.3) is 0 Å². The van der Waals surface area contributed by atoms with E-state index in [4.69, 9.17) is 11.6 Å². The molecule has 1 aromatic rings. The number of hydrogen-bond donors (Lipinski definition) is 0. The van der Waals surface area contributed by atoms with E-state index in [1.807, 2.05) is 0 Å². The topological polar surface area (TPSA) is 38.7 Å². The highest BCUT2D eigenvalue weighted by molar-refractivity contribution is 6.32. The number of alkyl halides is 3. The first-order valence-electron chi connectivity index (χ1n) is 3.97. The zero-order chi connectivity index (χ0) is 12.3. The molecule has 0 fully saturated rings. The number of hydrogen-bond acceptors (Lipinski definition) is 3. The molecular weight excluding hydrogens is 247 g/mol. The monoisotopic (exact) mass is 251 g/mol. The van der Waals surface area contributed by atoms with Gasteiger partial charge in [-0.05, 0) is 24.6 Å². The van der Waals surface area contributed by atoms with E-state index in [2.05, 4.69) is 9.73 Å². The predicted octanol–water partition coefficient (Wildman–Crippen LogP) is 3.51. The lowest BCUT2D eigenvalue weighted by Gasteiger charge is -2.11. The van der Waals surface area contributed by atoms with Crippen LogP contribution in [0.1, 0.15) is 5.56 Å². The third kappa shape index (κ3) is 3.25. The molecule has 0 spiro atoms. The van der Waals surface area contributed by atoms with Gasteiger partial charge in [-0.15, -0.1) is 13.2 Å². The van der Waals surface area contributed by atoms with Crippen molar-refractivity contribution in [2.45, 2.75) is 13.3 Å². The minimum Gasteiger partial charge on any atom is -0.404 e. The lowest BCUT2D eigenvalue weighted by molar-refractivity contribution is -0.274. The Morgan fingerprint density at radius 2 is 2.06 bits per heavy atom. The highest BCUT2D eigenvalue weighted by Crippen LogP contribution is 2.35. The normalized spacial score (nSPS) is 10.8. The molecule has 0 amide bonds. The summed E-state index contributed by atoms with van der Waals surface area (Å²) in [6.07, 6.45) is -3.54. The molecule has 1 rings (SSSR count). The first kappa shape index (κ1) is 12.5. The second-order valence-corrected chi connectivity index (χ2v) is 3.23. The fourth-order valence-electron chi connectivity index (χ4n) is 1.02. The van der Waals surface area contributed by atoms with Crippen molar-refractivity contribution in [1.82, 2.24) is 0 Å². The van der Waals surface area contributed by atoms with Crippen LogP contribution >= 0.6 is 11.6 Å². The Bertz CT molecular complexity index is 453. The van der Waals surface area contributed by atoms with Crippen molar-refractivity contribution in [2.75, 3.05) is 0 Å². The van der Waals surface area contributed by atoms with Crippen molar-refractivity contribution in [3.8, 4) is 5.75 Å². The summed E-state index contributed by atoms with van der Waals surface area (Å²) in [7, 11) is 0. The van der Waals surface area contributed by atoms with E-state index in [-0.39, 0.29) is 10.7 Å². The van der Waals surface area contributed by atoms with Crippen LogP contribution < -0.4 is 4.74 Å². The van der Waals surface area contributed by atoms with Crippen molar-refractivity contribution < 1.29 is 22.7 Å². The molecule has 0 aliphatic heterocycles. The average molecular weight is 252 g/mol. The van der Waals surface area contributed by atoms with Crippen LogP contribution in [0.25, 0.3) is 0 Å². The van der Waals surface area contributed by atoms with Crippen molar-refractivity contribution in [2.24, 2.45) is 4.99 Å². The van der Waals surface area contributed by atoms with Crippen LogP contribution in [0.4, 0.5) is 18.9 Å². The first-order valence-corrected chi connectivity index (χ1v) is 4.35. The summed E-state index contributed by atoms with van der Waals surface area (Å²) in [5.74, 6) is -0.531. The van der Waals surface area contributed by atoms with Gasteiger partial charge in [-0.1, -0.05) is 11.6 Å². The molecule has 0 bridgehead atoms. The summed E-state index contributed by atoms with van der Waals surface area (Å²) in [6, 6.07) is 2.15. The maximum atomic E-state index is 11.9. The largest absolute Gasteiger partial charge is 0.573 e. The molecule has 0 N–H and O–H groups in total. The van der Waals surface area contributed by atoms with Crippen LogP contribution in [0.2, 0.25) is 5.02 Å². The molecule has 0 heterocycles. The van der Waals surface area contributed by atoms with Crippen LogP contribution in [-0.4, -0.2) is 12.4 Å². The summed E-state index contributed by atoms with van der Waals surface area (Å²) in [4.78, 5) is 13.3. The third-order valence-electron chi connectivity index (χ3n) is 1.64. The quantitative estimate of drug-likeness (QED) is 0.596. The predicted molar refractivity (Wildman–Crippen MR) is 50.7 cm³/mol. The molecular formula is C9H5ClF3NO2. The van der Waals surface area contributed by atoms with E-state index < -0.39 is 12.1 Å². The smallest absolute Gasteiger partial charge is 0.404 e. The number of ether oxygens (including phenoxy) is 1. The maximum Gasteiger partial charge on any atom is 0.573 e. The van der Waals surface area contributed by atoms with Crippen LogP contribution in [0.15, 0.2) is 17.1 Å². The number of isocyanates is 1. The van der Waals surface area contributed by atoms with E-state index >= 15 is 0 Å². The molecule has 3 nitrogen and oxygen atoms in total. The van der Waals surface area contributed by atoms with Gasteiger partial charge in [-0.2, -0.15) is 4.99 Å². The van der Waals surface area contributed by atoms with Gasteiger partial charge in [0.15, 0.2) is 0 Å². The van der Waals surface area contributed by atoms with Crippen LogP contribution in [0, 0.1) is 6.92 Å². The van der Waals surface area contributed by atoms with Crippen molar-refractivity contribution in [1.29, 1.82) is 0 Å². The molecule has 0 unspecified atom stereocenters. The zero-order valence-electron chi connectivity index (χ0n) is 7.93. The lowest BCUT2D eigenvalue weighted by Crippen LogP contribution is -2.17. The molecule has 86 valence electrons. The van der Waals surface area contributed by atoms with Crippen LogP contribution in [-0.2, 0) is 4.79 Å². The van der Waals surface area contributed by atoms with E-state index in [0.29, 0.717) is 5.56 Å². The number of nitrogens with zero attached hydrogens (tertiary/aromatic N) is 1. The molecule has 16 heavy (non-hydrogen) atoms. The Labute approximate surface area is 93.5 Å². The van der Waals surface area contributed by atoms with E-state index in [9.17, 15) is 18.0 Å². The second kappa shape index (κ2) is 4.55. The van der Waals surface area contributed by atoms with Crippen molar-refractivity contribution in [3.05, 3.63) is 22.7 Å². The molecule has 1 aromatic carbocycles. The SMILES string of the molecule is Cc1cc(OC(F)(F)F)c(Cl)cc1N=C=O. The van der Waals surface area contributed by atoms with Gasteiger partial charge in [0.2, 0.25) is 6.08 Å². The van der Waals surface area contributed by atoms with E-state index in [1.54, 1.807) is 0 Å². The Balaban J connectivity index is 3.15. The fraction of sp³-hybridized carbons (Fsp3) is 0.222. The molecule has 0 saturated heterocycles. The van der Waals surface area contributed by atoms with Crippen molar-refractivity contribution >= 4 is 23.4 Å². The minimum atomic E-state index is -4.81. The van der Waals surface area contributed by atoms with Gasteiger partial charge >= 0.3 is 6.36 Å². The fourth-order valence-corrected chi connectivity index (χ4v) is 1.21. The first-order chi connectivity index (χ1) is 7.33. The molecule has 0 radical (unpaired) electrons. The number of aryl methyl sites for hydroxylation is 1. The van der Waals surface area contributed by atoms with Gasteiger partial charge in [0.05, 0.1) is 10.7 Å². The molecule has 7 heteroatoms. The molecule has 0 aliphatic carbocycles. The van der Waals surface area contributed by atoms with Gasteiger partial charge in [0, 0.05) is 0 Å². The average Bonchev–Trinajstić information content (AvgIpc) is 2.11. The van der Waals surface area contributed by atoms with Crippen molar-refractivity contribution in [3.63, 3.8) is 0 Å². The highest BCUT2D eigenvalue weighted by atomic mass is 35.5. The summed E-state index contributed by atoms with van der Waals surface area (Å²) in [5, 5.41) is -0.281. The number of benzene rings is 1. The Hall–Kier alpha value is -1.52. The number of carbonyl (C=O) groups excluding carboxylic acids is 1. The molecule has 0 aliphatic rings. The lowest BCUT2D eigenvalue weighted by atomic mass is 10.2. The van der Waals surface area contributed by atoms with Crippen LogP contribution in [0.5, 0.6) is 5.75 Å². The highest BCUT2D eigenvalue weighted by Gasteiger charge is 2.32. The third-order valence-corrected chi connectivity index (χ3v) is 1.94. The standard InChI is InChI=1S/C9H5ClF3NO2/c1-5-2-8(16-9(11,12)13)6(10)3-7(5)14-4-15/h2-3H,1H3. The van der Waals surface area contributed by atoms with Gasteiger partial charge < -0.3 is 4.74 Å². The Morgan fingerprint density at radius 3 is 2.56 bits per heavy atom. The van der Waals surface area contributed by atoms with Gasteiger partial charge in [-0.25, -0.2) is 4.79 Å². The minimum absolute atomic E-state index is 0.148. The molecule has 0 saturated carbocycles. The molecule has 0 atom stereocenters. The zero-order valence-corrected chi connectivity index (χ0v) is 8.69. The van der Waals surface area contributed by atoms with E-state index in [1.165, 1.54) is 13.0 Å². The Kier molecular flexibility index (Phi) is 3.57. The summed E-state index contributed by atoms with van der Waals surface area (Å²) >= 11 is 5.53. The summed E-state index contributed by atoms with van der Waals surface area (Å²) in [5.41, 5.74) is 0.474. The Morgan fingerprint density at radius 1 is 1.44 bits per heavy atom. The van der Waals surface area contributed by atoms with Crippen LogP contribution in [0.3, 0.4) is 0 Å². The number of rotatable bonds is 2. The van der Waals surface area contributed by atoms with Gasteiger partial charge in [0.1, 0.15) is 5.75 Å². The van der Waals surface area contributed by atoms with Gasteiger partial charge in [-0.3, -0.25) is 0 Å². The molecule has 0 aromatic heterocycles. The second-order valence-electron chi connectivity index (χ2n) is 2.82. The summed E-state index contributed by atoms with van der Waals surface area (Å²) < 4.78 is 39.5.